The highest BCUT2D eigenvalue weighted by molar-refractivity contribution is 7.13. The summed E-state index contributed by atoms with van der Waals surface area (Å²) in [4.78, 5) is 23.7. The molecule has 1 saturated heterocycles. The topological polar surface area (TPSA) is 55.3 Å². The van der Waals surface area contributed by atoms with Gasteiger partial charge in [-0.15, -0.1) is 11.3 Å². The molecule has 0 N–H and O–H groups in total. The van der Waals surface area contributed by atoms with Crippen molar-refractivity contribution in [2.24, 2.45) is 0 Å². The minimum absolute atomic E-state index is 0.0931. The number of carbonyl (C=O) groups excluding carboxylic acids is 1. The molecule has 0 spiro atoms. The van der Waals surface area contributed by atoms with E-state index in [4.69, 9.17) is 9.72 Å². The SMILES string of the molecule is O=C(OCC1c2ccccc2-c2ccccc21)N1CCC(c2csc(-c3ccncc3)n2)CC1. The molecule has 0 radical (unpaired) electrons. The van der Waals surface area contributed by atoms with Gasteiger partial charge in [0.2, 0.25) is 0 Å². The smallest absolute Gasteiger partial charge is 0.409 e. The average Bonchev–Trinajstić information content (AvgIpc) is 3.52. The maximum absolute atomic E-state index is 12.9. The van der Waals surface area contributed by atoms with E-state index in [0.29, 0.717) is 25.6 Å². The summed E-state index contributed by atoms with van der Waals surface area (Å²) >= 11 is 1.67. The van der Waals surface area contributed by atoms with E-state index < -0.39 is 0 Å². The van der Waals surface area contributed by atoms with Gasteiger partial charge in [0, 0.05) is 48.3 Å². The molecule has 0 atom stereocenters. The zero-order valence-electron chi connectivity index (χ0n) is 18.8. The summed E-state index contributed by atoms with van der Waals surface area (Å²) in [5.41, 5.74) is 7.20. The van der Waals surface area contributed by atoms with Gasteiger partial charge in [0.1, 0.15) is 11.6 Å². The van der Waals surface area contributed by atoms with Crippen LogP contribution in [0.2, 0.25) is 0 Å². The predicted molar refractivity (Wildman–Crippen MR) is 134 cm³/mol. The minimum atomic E-state index is -0.212. The molecule has 0 bridgehead atoms. The number of hydrogen-bond donors (Lipinski definition) is 0. The van der Waals surface area contributed by atoms with Crippen molar-refractivity contribution in [2.45, 2.75) is 24.7 Å². The van der Waals surface area contributed by atoms with E-state index in [-0.39, 0.29) is 12.0 Å². The third-order valence-corrected chi connectivity index (χ3v) is 7.87. The normalized spacial score (nSPS) is 15.7. The molecule has 34 heavy (non-hydrogen) atoms. The van der Waals surface area contributed by atoms with E-state index >= 15 is 0 Å². The number of ether oxygens (including phenoxy) is 1. The zero-order valence-corrected chi connectivity index (χ0v) is 19.6. The number of amides is 1. The Labute approximate surface area is 203 Å². The van der Waals surface area contributed by atoms with Gasteiger partial charge < -0.3 is 9.64 Å². The molecular formula is C28H25N3O2S. The molecule has 6 heteroatoms. The van der Waals surface area contributed by atoms with Gasteiger partial charge in [-0.2, -0.15) is 0 Å². The molecule has 0 unspecified atom stereocenters. The van der Waals surface area contributed by atoms with Crippen molar-refractivity contribution in [1.29, 1.82) is 0 Å². The van der Waals surface area contributed by atoms with E-state index in [9.17, 15) is 4.79 Å². The first kappa shape index (κ1) is 21.1. The first-order valence-electron chi connectivity index (χ1n) is 11.7. The number of likely N-dealkylation sites (tertiary alicyclic amines) is 1. The molecular weight excluding hydrogens is 442 g/mol. The standard InChI is InChI=1S/C28H25N3O2S/c32-28(33-17-25-23-7-3-1-5-21(23)22-6-2-4-8-24(22)25)31-15-11-19(12-16-31)26-18-34-27(30-26)20-9-13-29-14-10-20/h1-10,13-14,18-19,25H,11-12,15-17H2. The first-order chi connectivity index (χ1) is 16.8. The number of rotatable bonds is 4. The van der Waals surface area contributed by atoms with Gasteiger partial charge in [0.25, 0.3) is 0 Å². The molecule has 5 nitrogen and oxygen atoms in total. The molecule has 1 aliphatic heterocycles. The molecule has 1 amide bonds. The van der Waals surface area contributed by atoms with Crippen LogP contribution in [0.15, 0.2) is 78.4 Å². The summed E-state index contributed by atoms with van der Waals surface area (Å²) in [6.07, 6.45) is 5.19. The second kappa shape index (κ2) is 9.03. The summed E-state index contributed by atoms with van der Waals surface area (Å²) in [5.74, 6) is 0.472. The van der Waals surface area contributed by atoms with Crippen LogP contribution in [-0.2, 0) is 4.74 Å². The number of fused-ring (bicyclic) bond motifs is 3. The van der Waals surface area contributed by atoms with Crippen LogP contribution in [0.1, 0.15) is 41.5 Å². The lowest BCUT2D eigenvalue weighted by Gasteiger charge is -2.31. The van der Waals surface area contributed by atoms with Crippen molar-refractivity contribution in [1.82, 2.24) is 14.9 Å². The molecule has 170 valence electrons. The Morgan fingerprint density at radius 2 is 1.59 bits per heavy atom. The number of thiazole rings is 1. The molecule has 1 fully saturated rings. The van der Waals surface area contributed by atoms with Gasteiger partial charge in [0.05, 0.1) is 5.69 Å². The van der Waals surface area contributed by atoms with Crippen molar-refractivity contribution in [3.05, 3.63) is 95.3 Å². The van der Waals surface area contributed by atoms with Crippen molar-refractivity contribution in [3.63, 3.8) is 0 Å². The Bertz CT molecular complexity index is 1270. The maximum atomic E-state index is 12.9. The van der Waals surface area contributed by atoms with Gasteiger partial charge in [-0.3, -0.25) is 4.98 Å². The molecule has 6 rings (SSSR count). The van der Waals surface area contributed by atoms with Gasteiger partial charge in [-0.25, -0.2) is 9.78 Å². The average molecular weight is 468 g/mol. The number of nitrogens with zero attached hydrogens (tertiary/aromatic N) is 3. The quantitative estimate of drug-likeness (QED) is 0.352. The van der Waals surface area contributed by atoms with Crippen LogP contribution in [-0.4, -0.2) is 40.7 Å². The third-order valence-electron chi connectivity index (χ3n) is 6.96. The van der Waals surface area contributed by atoms with Crippen LogP contribution in [0, 0.1) is 0 Å². The highest BCUT2D eigenvalue weighted by atomic mass is 32.1. The fourth-order valence-corrected chi connectivity index (χ4v) is 6.05. The number of aromatic nitrogens is 2. The third kappa shape index (κ3) is 3.88. The fourth-order valence-electron chi connectivity index (χ4n) is 5.14. The van der Waals surface area contributed by atoms with Crippen LogP contribution in [0.3, 0.4) is 0 Å². The summed E-state index contributed by atoms with van der Waals surface area (Å²) in [5, 5.41) is 3.18. The van der Waals surface area contributed by atoms with Crippen LogP contribution < -0.4 is 0 Å². The number of piperidine rings is 1. The largest absolute Gasteiger partial charge is 0.448 e. The molecule has 4 aromatic rings. The lowest BCUT2D eigenvalue weighted by molar-refractivity contribution is 0.0902. The highest BCUT2D eigenvalue weighted by Gasteiger charge is 2.31. The number of carbonyl (C=O) groups is 1. The lowest BCUT2D eigenvalue weighted by Crippen LogP contribution is -2.38. The number of hydrogen-bond acceptors (Lipinski definition) is 5. The summed E-state index contributed by atoms with van der Waals surface area (Å²) in [6, 6.07) is 20.8. The molecule has 3 heterocycles. The highest BCUT2D eigenvalue weighted by Crippen LogP contribution is 2.44. The Balaban J connectivity index is 1.07. The van der Waals surface area contributed by atoms with Crippen LogP contribution in [0.5, 0.6) is 0 Å². The number of benzene rings is 2. The van der Waals surface area contributed by atoms with Crippen molar-refractivity contribution in [3.8, 4) is 21.7 Å². The molecule has 0 saturated carbocycles. The summed E-state index contributed by atoms with van der Waals surface area (Å²) in [6.45, 7) is 1.76. The second-order valence-corrected chi connectivity index (χ2v) is 9.74. The van der Waals surface area contributed by atoms with E-state index in [1.165, 1.54) is 22.3 Å². The first-order valence-corrected chi connectivity index (χ1v) is 12.6. The van der Waals surface area contributed by atoms with Crippen LogP contribution >= 0.6 is 11.3 Å². The van der Waals surface area contributed by atoms with Crippen LogP contribution in [0.4, 0.5) is 4.79 Å². The Morgan fingerprint density at radius 3 is 2.26 bits per heavy atom. The Hall–Kier alpha value is -3.51. The van der Waals surface area contributed by atoms with Gasteiger partial charge in [0.15, 0.2) is 0 Å². The van der Waals surface area contributed by atoms with Crippen molar-refractivity contribution in [2.75, 3.05) is 19.7 Å². The van der Waals surface area contributed by atoms with Gasteiger partial charge in [-0.05, 0) is 47.2 Å². The van der Waals surface area contributed by atoms with Crippen molar-refractivity contribution < 1.29 is 9.53 Å². The van der Waals surface area contributed by atoms with Gasteiger partial charge in [-0.1, -0.05) is 48.5 Å². The fraction of sp³-hybridized carbons (Fsp3) is 0.250. The minimum Gasteiger partial charge on any atom is -0.448 e. The monoisotopic (exact) mass is 467 g/mol. The molecule has 2 aromatic heterocycles. The second-order valence-electron chi connectivity index (χ2n) is 8.88. The maximum Gasteiger partial charge on any atom is 0.409 e. The Kier molecular flexibility index (Phi) is 5.59. The van der Waals surface area contributed by atoms with Crippen LogP contribution in [0.25, 0.3) is 21.7 Å². The molecule has 1 aliphatic carbocycles. The Morgan fingerprint density at radius 1 is 0.941 bits per heavy atom. The van der Waals surface area contributed by atoms with Gasteiger partial charge >= 0.3 is 6.09 Å². The van der Waals surface area contributed by atoms with E-state index in [1.807, 2.05) is 17.0 Å². The zero-order chi connectivity index (χ0) is 22.9. The number of pyridine rings is 1. The summed E-state index contributed by atoms with van der Waals surface area (Å²) in [7, 11) is 0. The van der Waals surface area contributed by atoms with E-state index in [2.05, 4.69) is 58.9 Å². The summed E-state index contributed by atoms with van der Waals surface area (Å²) < 4.78 is 5.85. The van der Waals surface area contributed by atoms with E-state index in [0.717, 1.165) is 29.1 Å². The molecule has 2 aliphatic rings. The predicted octanol–water partition coefficient (Wildman–Crippen LogP) is 6.33. The lowest BCUT2D eigenvalue weighted by atomic mass is 9.94. The van der Waals surface area contributed by atoms with Crippen molar-refractivity contribution >= 4 is 17.4 Å². The molecule has 2 aromatic carbocycles. The van der Waals surface area contributed by atoms with E-state index in [1.54, 1.807) is 23.7 Å².